The number of carbonyl (C=O) groups excluding carboxylic acids is 2. The Bertz CT molecular complexity index is 928. The Morgan fingerprint density at radius 3 is 2.55 bits per heavy atom. The van der Waals surface area contributed by atoms with Crippen LogP contribution in [0.1, 0.15) is 43.0 Å². The molecule has 31 heavy (non-hydrogen) atoms. The number of aromatic nitrogens is 1. The molecule has 2 aliphatic heterocycles. The maximum atomic E-state index is 14.0. The maximum absolute atomic E-state index is 14.0. The summed E-state index contributed by atoms with van der Waals surface area (Å²) in [6.07, 6.45) is 4.87. The lowest BCUT2D eigenvalue weighted by Crippen LogP contribution is -2.54. The molecule has 1 N–H and O–H groups in total. The molecule has 0 aliphatic carbocycles. The lowest BCUT2D eigenvalue weighted by Gasteiger charge is -2.40. The van der Waals surface area contributed by atoms with Crippen molar-refractivity contribution in [3.63, 3.8) is 0 Å². The molecule has 1 aromatic carbocycles. The molecule has 7 heteroatoms. The van der Waals surface area contributed by atoms with Crippen molar-refractivity contribution in [3.8, 4) is 0 Å². The monoisotopic (exact) mass is 424 g/mol. The summed E-state index contributed by atoms with van der Waals surface area (Å²) in [6.45, 7) is 4.54. The Morgan fingerprint density at radius 1 is 1.10 bits per heavy atom. The van der Waals surface area contributed by atoms with Gasteiger partial charge in [-0.15, -0.1) is 0 Å². The number of halogens is 1. The van der Waals surface area contributed by atoms with E-state index in [4.69, 9.17) is 0 Å². The van der Waals surface area contributed by atoms with Gasteiger partial charge in [0, 0.05) is 43.8 Å². The van der Waals surface area contributed by atoms with E-state index in [1.807, 2.05) is 25.1 Å². The minimum atomic E-state index is -0.528. The van der Waals surface area contributed by atoms with Crippen molar-refractivity contribution >= 4 is 17.6 Å². The second-order valence-electron chi connectivity index (χ2n) is 8.78. The van der Waals surface area contributed by atoms with E-state index < -0.39 is 11.2 Å². The van der Waals surface area contributed by atoms with Gasteiger partial charge in [-0.05, 0) is 49.9 Å². The minimum Gasteiger partial charge on any atom is -0.355 e. The van der Waals surface area contributed by atoms with E-state index in [1.165, 1.54) is 12.1 Å². The number of likely N-dealkylation sites (tertiary alicyclic amines) is 1. The summed E-state index contributed by atoms with van der Waals surface area (Å²) in [5.74, 6) is 0.165. The first-order valence-electron chi connectivity index (χ1n) is 11.0. The largest absolute Gasteiger partial charge is 0.355 e. The van der Waals surface area contributed by atoms with Crippen LogP contribution in [0.5, 0.6) is 0 Å². The third-order valence-electron chi connectivity index (χ3n) is 6.54. The Morgan fingerprint density at radius 2 is 1.84 bits per heavy atom. The molecule has 2 saturated heterocycles. The van der Waals surface area contributed by atoms with Crippen LogP contribution >= 0.6 is 0 Å². The van der Waals surface area contributed by atoms with Crippen LogP contribution in [0.2, 0.25) is 0 Å². The van der Waals surface area contributed by atoms with Crippen LogP contribution in [0.3, 0.4) is 0 Å². The molecule has 6 nitrogen and oxygen atoms in total. The lowest BCUT2D eigenvalue weighted by atomic mass is 9.79. The number of nitrogens with zero attached hydrogens (tertiary/aromatic N) is 3. The van der Waals surface area contributed by atoms with Crippen LogP contribution in [0.15, 0.2) is 48.7 Å². The number of piperidine rings is 2. The molecule has 1 aromatic heterocycles. The summed E-state index contributed by atoms with van der Waals surface area (Å²) in [5.41, 5.74) is -0.438. The summed E-state index contributed by atoms with van der Waals surface area (Å²) in [4.78, 5) is 34.1. The van der Waals surface area contributed by atoms with Crippen molar-refractivity contribution < 1.29 is 14.0 Å². The zero-order valence-corrected chi connectivity index (χ0v) is 17.9. The molecule has 2 aliphatic rings. The fraction of sp³-hybridized carbons (Fsp3) is 0.458. The average molecular weight is 425 g/mol. The second kappa shape index (κ2) is 9.04. The van der Waals surface area contributed by atoms with E-state index >= 15 is 0 Å². The molecule has 2 fully saturated rings. The highest BCUT2D eigenvalue weighted by atomic mass is 19.1. The predicted molar refractivity (Wildman–Crippen MR) is 117 cm³/mol. The van der Waals surface area contributed by atoms with Gasteiger partial charge in [0.05, 0.1) is 5.56 Å². The van der Waals surface area contributed by atoms with Gasteiger partial charge in [-0.1, -0.05) is 25.1 Å². The van der Waals surface area contributed by atoms with Crippen molar-refractivity contribution in [2.45, 2.75) is 38.6 Å². The summed E-state index contributed by atoms with van der Waals surface area (Å²) in [5, 5.41) is 3.24. The van der Waals surface area contributed by atoms with Crippen molar-refractivity contribution in [1.29, 1.82) is 0 Å². The highest BCUT2D eigenvalue weighted by molar-refractivity contribution is 5.94. The third-order valence-corrected chi connectivity index (χ3v) is 6.54. The zero-order chi connectivity index (χ0) is 21.8. The molecule has 0 radical (unpaired) electrons. The highest BCUT2D eigenvalue weighted by Gasteiger charge is 2.39. The molecule has 2 amide bonds. The van der Waals surface area contributed by atoms with Gasteiger partial charge in [-0.2, -0.15) is 0 Å². The lowest BCUT2D eigenvalue weighted by molar-refractivity contribution is -0.133. The molecule has 0 spiro atoms. The van der Waals surface area contributed by atoms with Gasteiger partial charge in [0.15, 0.2) is 0 Å². The van der Waals surface area contributed by atoms with E-state index in [2.05, 4.69) is 15.2 Å². The van der Waals surface area contributed by atoms with Crippen LogP contribution in [0.25, 0.3) is 0 Å². The number of pyridine rings is 1. The number of nitrogens with one attached hydrogen (secondary N) is 1. The molecule has 1 atom stereocenters. The minimum absolute atomic E-state index is 0.0401. The SMILES string of the molecule is CC1(C(=O)N[C@@H]2CCCN(c3ccccn3)C2)CCN(C(=O)c2ccccc2F)CC1. The van der Waals surface area contributed by atoms with Crippen molar-refractivity contribution in [3.05, 3.63) is 60.0 Å². The van der Waals surface area contributed by atoms with Crippen molar-refractivity contribution in [2.24, 2.45) is 5.41 Å². The number of carbonyl (C=O) groups is 2. The number of anilines is 1. The maximum Gasteiger partial charge on any atom is 0.256 e. The Hall–Kier alpha value is -2.96. The van der Waals surface area contributed by atoms with Gasteiger partial charge in [-0.3, -0.25) is 9.59 Å². The average Bonchev–Trinajstić information content (AvgIpc) is 2.80. The van der Waals surface area contributed by atoms with Gasteiger partial charge < -0.3 is 15.1 Å². The molecule has 3 heterocycles. The number of amides is 2. The Labute approximate surface area is 182 Å². The number of hydrogen-bond donors (Lipinski definition) is 1. The number of rotatable bonds is 4. The first-order valence-corrected chi connectivity index (χ1v) is 11.0. The number of benzene rings is 1. The molecule has 0 bridgehead atoms. The molecule has 2 aromatic rings. The van der Waals surface area contributed by atoms with E-state index in [9.17, 15) is 14.0 Å². The van der Waals surface area contributed by atoms with Crippen LogP contribution in [-0.4, -0.2) is 53.9 Å². The van der Waals surface area contributed by atoms with Crippen molar-refractivity contribution in [1.82, 2.24) is 15.2 Å². The molecule has 0 unspecified atom stereocenters. The van der Waals surface area contributed by atoms with E-state index in [-0.39, 0.29) is 23.4 Å². The van der Waals surface area contributed by atoms with Crippen LogP contribution in [-0.2, 0) is 4.79 Å². The quantitative estimate of drug-likeness (QED) is 0.818. The smallest absolute Gasteiger partial charge is 0.256 e. The summed E-state index contributed by atoms with van der Waals surface area (Å²) < 4.78 is 14.0. The summed E-state index contributed by atoms with van der Waals surface area (Å²) in [6, 6.07) is 12.0. The second-order valence-corrected chi connectivity index (χ2v) is 8.78. The highest BCUT2D eigenvalue weighted by Crippen LogP contribution is 2.32. The molecule has 164 valence electrons. The van der Waals surface area contributed by atoms with Gasteiger partial charge >= 0.3 is 0 Å². The van der Waals surface area contributed by atoms with Crippen molar-refractivity contribution in [2.75, 3.05) is 31.1 Å². The zero-order valence-electron chi connectivity index (χ0n) is 17.9. The van der Waals surface area contributed by atoms with Crippen LogP contribution < -0.4 is 10.2 Å². The Kier molecular flexibility index (Phi) is 6.20. The standard InChI is InChI=1S/C24H29FN4O2/c1-24(11-15-28(16-12-24)22(30)19-8-2-3-9-20(19)25)23(31)27-18-7-6-14-29(17-18)21-10-4-5-13-26-21/h2-5,8-10,13,18H,6-7,11-12,14-17H2,1H3,(H,27,31)/t18-/m1/s1. The van der Waals surface area contributed by atoms with Gasteiger partial charge in [-0.25, -0.2) is 9.37 Å². The normalized spacial score (nSPS) is 20.9. The van der Waals surface area contributed by atoms with E-state index in [0.29, 0.717) is 25.9 Å². The summed E-state index contributed by atoms with van der Waals surface area (Å²) >= 11 is 0. The number of hydrogen-bond acceptors (Lipinski definition) is 4. The summed E-state index contributed by atoms with van der Waals surface area (Å²) in [7, 11) is 0. The molecule has 0 saturated carbocycles. The van der Waals surface area contributed by atoms with E-state index in [1.54, 1.807) is 23.2 Å². The fourth-order valence-electron chi connectivity index (χ4n) is 4.44. The van der Waals surface area contributed by atoms with Gasteiger partial charge in [0.2, 0.25) is 5.91 Å². The van der Waals surface area contributed by atoms with Gasteiger partial charge in [0.1, 0.15) is 11.6 Å². The van der Waals surface area contributed by atoms with Gasteiger partial charge in [0.25, 0.3) is 5.91 Å². The topological polar surface area (TPSA) is 65.5 Å². The predicted octanol–water partition coefficient (Wildman–Crippen LogP) is 3.25. The Balaban J connectivity index is 1.33. The molecule has 4 rings (SSSR count). The molecular formula is C24H29FN4O2. The molecular weight excluding hydrogens is 395 g/mol. The van der Waals surface area contributed by atoms with E-state index in [0.717, 1.165) is 31.7 Å². The van der Waals surface area contributed by atoms with Crippen LogP contribution in [0, 0.1) is 11.2 Å². The fourth-order valence-corrected chi connectivity index (χ4v) is 4.44. The van der Waals surface area contributed by atoms with Crippen LogP contribution in [0.4, 0.5) is 10.2 Å². The third kappa shape index (κ3) is 4.70. The first-order chi connectivity index (χ1) is 15.0. The first kappa shape index (κ1) is 21.3.